The Kier molecular flexibility index (Phi) is 5.69. The molecule has 5 nitrogen and oxygen atoms in total. The molecule has 0 spiro atoms. The lowest BCUT2D eigenvalue weighted by Gasteiger charge is -2.34. The van der Waals surface area contributed by atoms with Gasteiger partial charge in [-0.3, -0.25) is 0 Å². The second kappa shape index (κ2) is 7.87. The fourth-order valence-corrected chi connectivity index (χ4v) is 4.70. The van der Waals surface area contributed by atoms with Gasteiger partial charge in [0.15, 0.2) is 17.3 Å². The standard InChI is InChI=1S/C21H24FN2O3S/c1-3-28(25,26)24(12-4-5-17(14-23)15-24)18-7-9-19(10-8-18)27-21-11-6-16(2)13-20(21)22/h4-11,13,15H,3,12,14,23H2,1-2H3/q+1. The van der Waals surface area contributed by atoms with Crippen LogP contribution < -0.4 is 14.4 Å². The number of quaternary nitrogens is 1. The molecule has 0 aliphatic carbocycles. The zero-order chi connectivity index (χ0) is 20.4. The largest absolute Gasteiger partial charge is 0.454 e. The summed E-state index contributed by atoms with van der Waals surface area (Å²) in [4.78, 5) is 0. The topological polar surface area (TPSA) is 69.4 Å². The van der Waals surface area contributed by atoms with Crippen molar-refractivity contribution >= 4 is 15.7 Å². The van der Waals surface area contributed by atoms with E-state index in [1.807, 2.05) is 12.2 Å². The van der Waals surface area contributed by atoms with Crippen LogP contribution in [0, 0.1) is 12.7 Å². The molecule has 28 heavy (non-hydrogen) atoms. The maximum Gasteiger partial charge on any atom is 0.306 e. The van der Waals surface area contributed by atoms with Crippen LogP contribution in [0.15, 0.2) is 66.4 Å². The number of aryl methyl sites for hydroxylation is 1. The summed E-state index contributed by atoms with van der Waals surface area (Å²) in [6.07, 6.45) is 5.36. The summed E-state index contributed by atoms with van der Waals surface area (Å²) in [6.45, 7) is 3.96. The monoisotopic (exact) mass is 403 g/mol. The Labute approximate surface area is 165 Å². The van der Waals surface area contributed by atoms with Crippen LogP contribution in [0.1, 0.15) is 12.5 Å². The number of ether oxygens (including phenoxy) is 1. The van der Waals surface area contributed by atoms with Crippen molar-refractivity contribution in [1.29, 1.82) is 0 Å². The highest BCUT2D eigenvalue weighted by atomic mass is 32.2. The fraction of sp³-hybridized carbons (Fsp3) is 0.238. The normalized spacial score (nSPS) is 19.4. The minimum absolute atomic E-state index is 0.0119. The third kappa shape index (κ3) is 3.73. The van der Waals surface area contributed by atoms with Gasteiger partial charge < -0.3 is 10.5 Å². The van der Waals surface area contributed by atoms with Crippen LogP contribution in [0.5, 0.6) is 11.5 Å². The number of hydrogen-bond donors (Lipinski definition) is 1. The first-order valence-electron chi connectivity index (χ1n) is 9.05. The number of rotatable bonds is 6. The average molecular weight is 403 g/mol. The van der Waals surface area contributed by atoms with Crippen molar-refractivity contribution in [2.75, 3.05) is 18.8 Å². The van der Waals surface area contributed by atoms with E-state index in [4.69, 9.17) is 10.5 Å². The van der Waals surface area contributed by atoms with Crippen LogP contribution in [-0.4, -0.2) is 27.3 Å². The van der Waals surface area contributed by atoms with E-state index in [1.165, 1.54) is 6.07 Å². The lowest BCUT2D eigenvalue weighted by Crippen LogP contribution is -2.51. The number of benzene rings is 2. The van der Waals surface area contributed by atoms with E-state index in [0.29, 0.717) is 11.4 Å². The number of hydrogen-bond acceptors (Lipinski definition) is 4. The van der Waals surface area contributed by atoms with Crippen molar-refractivity contribution in [1.82, 2.24) is 3.89 Å². The molecule has 0 radical (unpaired) electrons. The first-order valence-corrected chi connectivity index (χ1v) is 10.7. The fourth-order valence-electron chi connectivity index (χ4n) is 3.19. The molecule has 1 atom stereocenters. The first kappa shape index (κ1) is 20.3. The third-order valence-corrected chi connectivity index (χ3v) is 6.96. The molecule has 1 unspecified atom stereocenters. The molecule has 3 rings (SSSR count). The van der Waals surface area contributed by atoms with Crippen LogP contribution in [0.3, 0.4) is 0 Å². The molecule has 2 N–H and O–H groups in total. The summed E-state index contributed by atoms with van der Waals surface area (Å²) < 4.78 is 45.2. The maximum atomic E-state index is 14.0. The smallest absolute Gasteiger partial charge is 0.306 e. The Morgan fingerprint density at radius 1 is 1.18 bits per heavy atom. The molecule has 0 bridgehead atoms. The maximum absolute atomic E-state index is 14.0. The van der Waals surface area contributed by atoms with Crippen molar-refractivity contribution in [3.8, 4) is 11.5 Å². The first-order chi connectivity index (χ1) is 13.3. The SMILES string of the molecule is CCS(=O)(=O)[N+]1(c2ccc(Oc3ccc(C)cc3F)cc2)C=C(CN)C=CC1. The second-order valence-electron chi connectivity index (χ2n) is 6.69. The Bertz CT molecular complexity index is 1030. The van der Waals surface area contributed by atoms with Crippen LogP contribution in [0.2, 0.25) is 0 Å². The summed E-state index contributed by atoms with van der Waals surface area (Å²) in [7, 11) is -3.51. The molecule has 1 aliphatic rings. The predicted octanol–water partition coefficient (Wildman–Crippen LogP) is 4.00. The Morgan fingerprint density at radius 3 is 2.50 bits per heavy atom. The summed E-state index contributed by atoms with van der Waals surface area (Å²) in [5, 5.41) is 0. The Morgan fingerprint density at radius 2 is 1.89 bits per heavy atom. The summed E-state index contributed by atoms with van der Waals surface area (Å²) in [5.41, 5.74) is 7.88. The van der Waals surface area contributed by atoms with Crippen molar-refractivity contribution in [2.45, 2.75) is 13.8 Å². The number of sulfonamides is 1. The molecule has 0 saturated carbocycles. The molecule has 0 amide bonds. The van der Waals surface area contributed by atoms with Crippen molar-refractivity contribution in [3.05, 3.63) is 77.8 Å². The van der Waals surface area contributed by atoms with Gasteiger partial charge in [0.2, 0.25) is 0 Å². The van der Waals surface area contributed by atoms with Crippen LogP contribution >= 0.6 is 0 Å². The highest BCUT2D eigenvalue weighted by molar-refractivity contribution is 7.91. The van der Waals surface area contributed by atoms with Crippen molar-refractivity contribution in [3.63, 3.8) is 0 Å². The average Bonchev–Trinajstić information content (AvgIpc) is 2.70. The number of nitrogens with two attached hydrogens (primary N) is 1. The van der Waals surface area contributed by atoms with Gasteiger partial charge in [-0.1, -0.05) is 12.1 Å². The van der Waals surface area contributed by atoms with E-state index in [9.17, 15) is 12.8 Å². The van der Waals surface area contributed by atoms with Crippen molar-refractivity contribution < 1.29 is 17.5 Å². The van der Waals surface area contributed by atoms with Gasteiger partial charge in [0, 0.05) is 24.3 Å². The van der Waals surface area contributed by atoms with E-state index < -0.39 is 15.8 Å². The zero-order valence-electron chi connectivity index (χ0n) is 15.9. The van der Waals surface area contributed by atoms with Crippen molar-refractivity contribution in [2.24, 2.45) is 5.73 Å². The third-order valence-electron chi connectivity index (χ3n) is 4.77. The van der Waals surface area contributed by atoms with Gasteiger partial charge in [-0.2, -0.15) is 12.3 Å². The second-order valence-corrected chi connectivity index (χ2v) is 9.08. The van der Waals surface area contributed by atoms with Gasteiger partial charge in [-0.25, -0.2) is 4.39 Å². The Balaban J connectivity index is 1.97. The minimum Gasteiger partial charge on any atom is -0.454 e. The van der Waals surface area contributed by atoms with Gasteiger partial charge in [0.1, 0.15) is 18.5 Å². The zero-order valence-corrected chi connectivity index (χ0v) is 16.7. The lowest BCUT2D eigenvalue weighted by molar-refractivity contribution is 0.441. The van der Waals surface area contributed by atoms with E-state index in [2.05, 4.69) is 0 Å². The van der Waals surface area contributed by atoms with Gasteiger partial charge in [-0.15, -0.1) is 0 Å². The van der Waals surface area contributed by atoms with E-state index in [-0.39, 0.29) is 28.5 Å². The summed E-state index contributed by atoms with van der Waals surface area (Å²) in [6, 6.07) is 11.4. The molecule has 2 aromatic rings. The summed E-state index contributed by atoms with van der Waals surface area (Å²) in [5.74, 6) is 0.0868. The molecule has 0 fully saturated rings. The van der Waals surface area contributed by atoms with E-state index in [1.54, 1.807) is 56.4 Å². The van der Waals surface area contributed by atoms with Gasteiger partial charge in [0.25, 0.3) is 0 Å². The van der Waals surface area contributed by atoms with Crippen LogP contribution in [-0.2, 0) is 10.0 Å². The van der Waals surface area contributed by atoms with Gasteiger partial charge in [-0.05, 0) is 49.8 Å². The van der Waals surface area contributed by atoms with E-state index in [0.717, 1.165) is 11.1 Å². The van der Waals surface area contributed by atoms with Gasteiger partial charge in [0.05, 0.1) is 5.75 Å². The predicted molar refractivity (Wildman–Crippen MR) is 110 cm³/mol. The number of halogens is 1. The molecule has 1 heterocycles. The number of nitrogens with zero attached hydrogens (tertiary/aromatic N) is 1. The highest BCUT2D eigenvalue weighted by Gasteiger charge is 2.42. The molecule has 0 aromatic heterocycles. The molecular formula is C21H24FN2O3S+. The van der Waals surface area contributed by atoms with Crippen LogP contribution in [0.4, 0.5) is 10.1 Å². The summed E-state index contributed by atoms with van der Waals surface area (Å²) >= 11 is 0. The molecule has 7 heteroatoms. The molecule has 148 valence electrons. The molecule has 2 aromatic carbocycles. The van der Waals surface area contributed by atoms with Gasteiger partial charge >= 0.3 is 10.0 Å². The Hall–Kier alpha value is -2.48. The minimum atomic E-state index is -3.51. The van der Waals surface area contributed by atoms with Crippen LogP contribution in [0.25, 0.3) is 0 Å². The molecule has 0 saturated heterocycles. The molecule has 1 aliphatic heterocycles. The highest BCUT2D eigenvalue weighted by Crippen LogP contribution is 2.35. The van der Waals surface area contributed by atoms with E-state index >= 15 is 0 Å². The molecular weight excluding hydrogens is 379 g/mol. The lowest BCUT2D eigenvalue weighted by atomic mass is 10.2. The quantitative estimate of drug-likeness (QED) is 0.741.